The maximum Gasteiger partial charge on any atom is 0.433 e. The van der Waals surface area contributed by atoms with Crippen LogP contribution in [0.15, 0.2) is 79.4 Å². The SMILES string of the molecule is Cc1ccc(C(O)(c2ccc3nc(C(F)(F)F)c(Cc4ccccc4)c(C)c3c2)c2cncn2C)cn1. The van der Waals surface area contributed by atoms with E-state index in [1.165, 1.54) is 6.07 Å². The van der Waals surface area contributed by atoms with E-state index in [0.29, 0.717) is 27.8 Å². The lowest BCUT2D eigenvalue weighted by molar-refractivity contribution is -0.141. The van der Waals surface area contributed by atoms with E-state index in [9.17, 15) is 18.3 Å². The highest BCUT2D eigenvalue weighted by atomic mass is 19.4. The van der Waals surface area contributed by atoms with Gasteiger partial charge in [-0.05, 0) is 60.7 Å². The first-order chi connectivity index (χ1) is 17.6. The predicted molar refractivity (Wildman–Crippen MR) is 135 cm³/mol. The van der Waals surface area contributed by atoms with Gasteiger partial charge in [0.2, 0.25) is 0 Å². The van der Waals surface area contributed by atoms with Crippen molar-refractivity contribution in [1.82, 2.24) is 19.5 Å². The van der Waals surface area contributed by atoms with E-state index in [-0.39, 0.29) is 17.5 Å². The maximum absolute atomic E-state index is 14.1. The van der Waals surface area contributed by atoms with Crippen molar-refractivity contribution >= 4 is 10.9 Å². The molecule has 0 bridgehead atoms. The largest absolute Gasteiger partial charge is 0.433 e. The van der Waals surface area contributed by atoms with Gasteiger partial charge >= 0.3 is 6.18 Å². The predicted octanol–water partition coefficient (Wildman–Crippen LogP) is 5.87. The number of aromatic nitrogens is 4. The summed E-state index contributed by atoms with van der Waals surface area (Å²) >= 11 is 0. The summed E-state index contributed by atoms with van der Waals surface area (Å²) in [5.41, 5.74) is 1.30. The average Bonchev–Trinajstić information content (AvgIpc) is 3.31. The summed E-state index contributed by atoms with van der Waals surface area (Å²) in [5, 5.41) is 12.8. The van der Waals surface area contributed by atoms with E-state index in [1.54, 1.807) is 85.8 Å². The molecule has 0 aliphatic carbocycles. The van der Waals surface area contributed by atoms with Crippen LogP contribution in [0.1, 0.15) is 44.9 Å². The van der Waals surface area contributed by atoms with E-state index in [1.807, 2.05) is 13.0 Å². The lowest BCUT2D eigenvalue weighted by Crippen LogP contribution is -2.31. The number of imidazole rings is 1. The molecule has 1 N–H and O–H groups in total. The Kier molecular flexibility index (Phi) is 6.07. The quantitative estimate of drug-likeness (QED) is 0.326. The fraction of sp³-hybridized carbons (Fsp3) is 0.207. The van der Waals surface area contributed by atoms with Crippen LogP contribution in [0.2, 0.25) is 0 Å². The Balaban J connectivity index is 1.76. The Hall–Kier alpha value is -4.04. The Morgan fingerprint density at radius 1 is 0.919 bits per heavy atom. The van der Waals surface area contributed by atoms with Gasteiger partial charge in [-0.2, -0.15) is 13.2 Å². The summed E-state index contributed by atoms with van der Waals surface area (Å²) in [7, 11) is 1.77. The van der Waals surface area contributed by atoms with Gasteiger partial charge in [0.25, 0.3) is 0 Å². The molecule has 2 aromatic carbocycles. The number of benzene rings is 2. The van der Waals surface area contributed by atoms with E-state index >= 15 is 0 Å². The van der Waals surface area contributed by atoms with Gasteiger partial charge < -0.3 is 9.67 Å². The zero-order valence-corrected chi connectivity index (χ0v) is 20.6. The third kappa shape index (κ3) is 4.38. The number of rotatable bonds is 5. The van der Waals surface area contributed by atoms with Crippen molar-refractivity contribution in [3.8, 4) is 0 Å². The number of aryl methyl sites for hydroxylation is 3. The first-order valence-electron chi connectivity index (χ1n) is 11.8. The fourth-order valence-corrected chi connectivity index (χ4v) is 4.79. The van der Waals surface area contributed by atoms with Gasteiger partial charge in [0.05, 0.1) is 23.7 Å². The summed E-state index contributed by atoms with van der Waals surface area (Å²) in [6.07, 6.45) is 0.241. The molecule has 5 nitrogen and oxygen atoms in total. The van der Waals surface area contributed by atoms with Gasteiger partial charge in [-0.3, -0.25) is 4.98 Å². The zero-order valence-electron chi connectivity index (χ0n) is 20.6. The van der Waals surface area contributed by atoms with Gasteiger partial charge in [0.15, 0.2) is 5.60 Å². The molecule has 3 aromatic heterocycles. The Labute approximate surface area is 212 Å². The molecule has 1 unspecified atom stereocenters. The average molecular weight is 503 g/mol. The first kappa shape index (κ1) is 24.6. The number of nitrogens with zero attached hydrogens (tertiary/aromatic N) is 4. The highest BCUT2D eigenvalue weighted by Gasteiger charge is 2.39. The summed E-state index contributed by atoms with van der Waals surface area (Å²) < 4.78 is 44.0. The Bertz CT molecular complexity index is 1580. The van der Waals surface area contributed by atoms with Crippen LogP contribution in [0.4, 0.5) is 13.2 Å². The van der Waals surface area contributed by atoms with Crippen molar-refractivity contribution in [3.05, 3.63) is 124 Å². The minimum absolute atomic E-state index is 0.0859. The van der Waals surface area contributed by atoms with Crippen LogP contribution in [0.25, 0.3) is 10.9 Å². The summed E-state index contributed by atoms with van der Waals surface area (Å²) in [4.78, 5) is 12.6. The summed E-state index contributed by atoms with van der Waals surface area (Å²) in [6, 6.07) is 17.5. The number of alkyl halides is 3. The third-order valence-corrected chi connectivity index (χ3v) is 6.80. The third-order valence-electron chi connectivity index (χ3n) is 6.80. The molecule has 37 heavy (non-hydrogen) atoms. The van der Waals surface area contributed by atoms with E-state index in [0.717, 1.165) is 11.3 Å². The van der Waals surface area contributed by atoms with Crippen molar-refractivity contribution in [2.45, 2.75) is 32.0 Å². The second-order valence-electron chi connectivity index (χ2n) is 9.24. The highest BCUT2D eigenvalue weighted by Crippen LogP contribution is 2.40. The van der Waals surface area contributed by atoms with Crippen LogP contribution in [0.3, 0.4) is 0 Å². The number of aliphatic hydroxyl groups is 1. The minimum Gasteiger partial charge on any atom is -0.374 e. The smallest absolute Gasteiger partial charge is 0.374 e. The fourth-order valence-electron chi connectivity index (χ4n) is 4.79. The van der Waals surface area contributed by atoms with Gasteiger partial charge in [-0.15, -0.1) is 0 Å². The van der Waals surface area contributed by atoms with Gasteiger partial charge in [0, 0.05) is 29.9 Å². The second-order valence-corrected chi connectivity index (χ2v) is 9.24. The summed E-state index contributed by atoms with van der Waals surface area (Å²) in [6.45, 7) is 3.53. The van der Waals surface area contributed by atoms with E-state index in [2.05, 4.69) is 15.0 Å². The molecule has 0 amide bonds. The zero-order chi connectivity index (χ0) is 26.4. The van der Waals surface area contributed by atoms with E-state index < -0.39 is 17.5 Å². The van der Waals surface area contributed by atoms with Crippen LogP contribution in [-0.4, -0.2) is 24.6 Å². The van der Waals surface area contributed by atoms with Crippen LogP contribution in [-0.2, 0) is 25.2 Å². The van der Waals surface area contributed by atoms with Crippen molar-refractivity contribution in [3.63, 3.8) is 0 Å². The van der Waals surface area contributed by atoms with Crippen molar-refractivity contribution < 1.29 is 18.3 Å². The molecule has 8 heteroatoms. The monoisotopic (exact) mass is 502 g/mol. The molecule has 188 valence electrons. The molecule has 0 aliphatic rings. The van der Waals surface area contributed by atoms with Crippen LogP contribution < -0.4 is 0 Å². The molecule has 0 saturated heterocycles. The number of fused-ring (bicyclic) bond motifs is 1. The molecule has 5 rings (SSSR count). The lowest BCUT2D eigenvalue weighted by Gasteiger charge is -2.30. The minimum atomic E-state index is -4.61. The second kappa shape index (κ2) is 9.12. The van der Waals surface area contributed by atoms with Crippen molar-refractivity contribution in [1.29, 1.82) is 0 Å². The number of pyridine rings is 2. The highest BCUT2D eigenvalue weighted by molar-refractivity contribution is 5.85. The topological polar surface area (TPSA) is 63.8 Å². The van der Waals surface area contributed by atoms with Crippen LogP contribution in [0, 0.1) is 13.8 Å². The van der Waals surface area contributed by atoms with Crippen LogP contribution >= 0.6 is 0 Å². The molecule has 0 saturated carbocycles. The molecule has 0 aliphatic heterocycles. The molecule has 0 fully saturated rings. The van der Waals surface area contributed by atoms with Gasteiger partial charge in [0.1, 0.15) is 5.69 Å². The Morgan fingerprint density at radius 3 is 2.27 bits per heavy atom. The molecule has 3 heterocycles. The maximum atomic E-state index is 14.1. The molecule has 5 aromatic rings. The van der Waals surface area contributed by atoms with Gasteiger partial charge in [-0.25, -0.2) is 9.97 Å². The Morgan fingerprint density at radius 2 is 1.65 bits per heavy atom. The standard InChI is InChI=1S/C29H25F3N4O/c1-18-9-10-22(15-34-18)28(37,26-16-33-17-36(26)3)21-11-12-25-23(14-21)19(2)24(27(35-25)29(30,31)32)13-20-7-5-4-6-8-20/h4-12,14-17,37H,13H2,1-3H3. The summed E-state index contributed by atoms with van der Waals surface area (Å²) in [5.74, 6) is 0. The lowest BCUT2D eigenvalue weighted by atomic mass is 9.83. The number of hydrogen-bond acceptors (Lipinski definition) is 4. The molecular formula is C29H25F3N4O. The van der Waals surface area contributed by atoms with Gasteiger partial charge in [-0.1, -0.05) is 42.5 Å². The van der Waals surface area contributed by atoms with E-state index in [4.69, 9.17) is 0 Å². The molecule has 0 spiro atoms. The van der Waals surface area contributed by atoms with Crippen molar-refractivity contribution in [2.24, 2.45) is 7.05 Å². The molecular weight excluding hydrogens is 477 g/mol. The number of halogens is 3. The van der Waals surface area contributed by atoms with Crippen molar-refractivity contribution in [2.75, 3.05) is 0 Å². The first-order valence-corrected chi connectivity index (χ1v) is 11.8. The normalized spacial score (nSPS) is 13.6. The van der Waals surface area contributed by atoms with Crippen LogP contribution in [0.5, 0.6) is 0 Å². The molecule has 1 atom stereocenters. The number of hydrogen-bond donors (Lipinski definition) is 1. The molecule has 0 radical (unpaired) electrons.